The van der Waals surface area contributed by atoms with E-state index in [9.17, 15) is 42.4 Å². The number of nitro benzene ring substituents is 2. The molecule has 0 aliphatic carbocycles. The van der Waals surface area contributed by atoms with Crippen molar-refractivity contribution < 1.29 is 41.0 Å². The Kier molecular flexibility index (Phi) is 11.0. The molecule has 0 aliphatic rings. The number of rotatable bonds is 9. The fourth-order valence-electron chi connectivity index (χ4n) is 2.39. The Labute approximate surface area is 193 Å². The number of nitrogens with zero attached hydrogens (tertiary/aromatic N) is 2. The highest BCUT2D eigenvalue weighted by atomic mass is 79.9. The normalized spacial score (nSPS) is 11.0. The van der Waals surface area contributed by atoms with Crippen LogP contribution in [0.5, 0.6) is 0 Å². The van der Waals surface area contributed by atoms with Crippen molar-refractivity contribution in [2.45, 2.75) is 25.3 Å². The average Bonchev–Trinajstić information content (AvgIpc) is 2.72. The van der Waals surface area contributed by atoms with Crippen LogP contribution in [0.15, 0.2) is 24.3 Å². The van der Waals surface area contributed by atoms with E-state index in [0.717, 1.165) is 6.07 Å². The lowest BCUT2D eigenvalue weighted by molar-refractivity contribution is -0.387. The topological polar surface area (TPSA) is 122 Å². The van der Waals surface area contributed by atoms with E-state index in [0.29, 0.717) is 18.2 Å². The number of benzene rings is 2. The summed E-state index contributed by atoms with van der Waals surface area (Å²) in [6.45, 7) is 3.32. The SMILES string of the molecule is CCOP(=O)(Cc1cc(F)c([N+](=O)[O-])cc1F)OCC.O=[N+]([O-])c1cc(F)c(CBr)cc1F. The van der Waals surface area contributed by atoms with Gasteiger partial charge in [-0.3, -0.25) is 24.8 Å². The molecule has 0 aromatic heterocycles. The zero-order chi connectivity index (χ0) is 25.3. The first-order chi connectivity index (χ1) is 15.4. The molecule has 2 aromatic carbocycles. The van der Waals surface area contributed by atoms with E-state index in [1.165, 1.54) is 0 Å². The molecular weight excluding hydrogens is 543 g/mol. The number of nitro groups is 2. The minimum absolute atomic E-state index is 0.0584. The van der Waals surface area contributed by atoms with E-state index >= 15 is 0 Å². The number of hydrogen-bond donors (Lipinski definition) is 0. The summed E-state index contributed by atoms with van der Waals surface area (Å²) < 4.78 is 75.0. The maximum Gasteiger partial charge on any atom is 0.335 e. The summed E-state index contributed by atoms with van der Waals surface area (Å²) in [6.07, 6.45) is -0.491. The first-order valence-corrected chi connectivity index (χ1v) is 11.9. The van der Waals surface area contributed by atoms with Gasteiger partial charge in [-0.05, 0) is 26.0 Å². The van der Waals surface area contributed by atoms with Crippen molar-refractivity contribution in [3.05, 3.63) is 78.9 Å². The molecule has 0 fully saturated rings. The molecule has 0 spiro atoms. The first-order valence-electron chi connectivity index (χ1n) is 9.07. The molecule has 9 nitrogen and oxygen atoms in total. The van der Waals surface area contributed by atoms with E-state index < -0.39 is 58.2 Å². The van der Waals surface area contributed by atoms with Crippen molar-refractivity contribution in [3.63, 3.8) is 0 Å². The van der Waals surface area contributed by atoms with E-state index in [4.69, 9.17) is 9.05 Å². The molecule has 182 valence electrons. The molecule has 0 atom stereocenters. The fraction of sp³-hybridized carbons (Fsp3) is 0.333. The summed E-state index contributed by atoms with van der Waals surface area (Å²) in [5.74, 6) is -4.05. The lowest BCUT2D eigenvalue weighted by atomic mass is 10.2. The average molecular weight is 561 g/mol. The Balaban J connectivity index is 0.000000361. The van der Waals surface area contributed by atoms with Gasteiger partial charge >= 0.3 is 19.0 Å². The van der Waals surface area contributed by atoms with E-state index in [-0.39, 0.29) is 29.7 Å². The predicted molar refractivity (Wildman–Crippen MR) is 113 cm³/mol. The third-order valence-corrected chi connectivity index (χ3v) is 6.42. The number of alkyl halides is 1. The summed E-state index contributed by atoms with van der Waals surface area (Å²) >= 11 is 2.93. The quantitative estimate of drug-likeness (QED) is 0.114. The third kappa shape index (κ3) is 8.14. The molecule has 15 heteroatoms. The van der Waals surface area contributed by atoms with Crippen molar-refractivity contribution >= 4 is 34.9 Å². The predicted octanol–water partition coefficient (Wildman–Crippen LogP) is 6.41. The van der Waals surface area contributed by atoms with Crippen LogP contribution in [0.25, 0.3) is 0 Å². The molecule has 0 aliphatic heterocycles. The highest BCUT2D eigenvalue weighted by Gasteiger charge is 2.28. The van der Waals surface area contributed by atoms with Crippen molar-refractivity contribution in [1.82, 2.24) is 0 Å². The second-order valence-corrected chi connectivity index (χ2v) is 8.66. The van der Waals surface area contributed by atoms with Gasteiger partial charge in [-0.2, -0.15) is 8.78 Å². The maximum atomic E-state index is 13.7. The zero-order valence-corrected chi connectivity index (χ0v) is 19.7. The van der Waals surface area contributed by atoms with Gasteiger partial charge in [0.15, 0.2) is 0 Å². The smallest absolute Gasteiger partial charge is 0.309 e. The molecule has 0 saturated heterocycles. The van der Waals surface area contributed by atoms with Crippen LogP contribution in [0.1, 0.15) is 25.0 Å². The molecule has 0 N–H and O–H groups in total. The molecule has 0 radical (unpaired) electrons. The molecule has 2 aromatic rings. The minimum atomic E-state index is -3.60. The Morgan fingerprint density at radius 2 is 1.21 bits per heavy atom. The number of hydrogen-bond acceptors (Lipinski definition) is 7. The Bertz CT molecular complexity index is 1060. The highest BCUT2D eigenvalue weighted by molar-refractivity contribution is 9.08. The standard InChI is InChI=1S/C11H14F2NO5P.C7H4BrF2NO2/c1-3-18-20(17,19-4-2)7-8-5-10(13)11(14(15)16)6-9(8)12;8-3-4-1-6(10)7(11(12)13)2-5(4)9/h5-6H,3-4,7H2,1-2H3;1-2H,3H2. The Morgan fingerprint density at radius 3 is 1.58 bits per heavy atom. The summed E-state index contributed by atoms with van der Waals surface area (Å²) in [7, 11) is -3.60. The van der Waals surface area contributed by atoms with Crippen LogP contribution in [0.4, 0.5) is 28.9 Å². The monoisotopic (exact) mass is 560 g/mol. The van der Waals surface area contributed by atoms with Crippen molar-refractivity contribution in [2.75, 3.05) is 13.2 Å². The van der Waals surface area contributed by atoms with Crippen molar-refractivity contribution in [3.8, 4) is 0 Å². The van der Waals surface area contributed by atoms with Gasteiger partial charge in [0, 0.05) is 16.5 Å². The van der Waals surface area contributed by atoms with Gasteiger partial charge in [0.25, 0.3) is 0 Å². The lowest BCUT2D eigenvalue weighted by Crippen LogP contribution is -2.03. The minimum Gasteiger partial charge on any atom is -0.309 e. The molecule has 2 rings (SSSR count). The summed E-state index contributed by atoms with van der Waals surface area (Å²) in [6, 6.07) is 2.47. The van der Waals surface area contributed by atoms with Crippen LogP contribution >= 0.6 is 23.5 Å². The summed E-state index contributed by atoms with van der Waals surface area (Å²) in [5.41, 5.74) is -2.06. The second-order valence-electron chi connectivity index (χ2n) is 6.04. The second kappa shape index (κ2) is 12.7. The summed E-state index contributed by atoms with van der Waals surface area (Å²) in [5, 5.41) is 20.7. The van der Waals surface area contributed by atoms with Crippen LogP contribution in [0, 0.1) is 43.5 Å². The van der Waals surface area contributed by atoms with Crippen molar-refractivity contribution in [1.29, 1.82) is 0 Å². The molecule has 0 unspecified atom stereocenters. The first kappa shape index (κ1) is 28.6. The van der Waals surface area contributed by atoms with E-state index in [1.807, 2.05) is 0 Å². The zero-order valence-electron chi connectivity index (χ0n) is 17.2. The molecule has 33 heavy (non-hydrogen) atoms. The largest absolute Gasteiger partial charge is 0.335 e. The van der Waals surface area contributed by atoms with Crippen molar-refractivity contribution in [2.24, 2.45) is 0 Å². The van der Waals surface area contributed by atoms with Gasteiger partial charge < -0.3 is 9.05 Å². The molecule has 0 heterocycles. The third-order valence-electron chi connectivity index (χ3n) is 3.78. The fourth-order valence-corrected chi connectivity index (χ4v) is 4.52. The van der Waals surface area contributed by atoms with Gasteiger partial charge in [-0.25, -0.2) is 8.78 Å². The van der Waals surface area contributed by atoms with E-state index in [1.54, 1.807) is 13.8 Å². The van der Waals surface area contributed by atoms with Gasteiger partial charge in [0.05, 0.1) is 41.4 Å². The Hall–Kier alpha value is -2.41. The lowest BCUT2D eigenvalue weighted by Gasteiger charge is -2.17. The Morgan fingerprint density at radius 1 is 0.818 bits per heavy atom. The van der Waals surface area contributed by atoms with Crippen LogP contribution in [0.2, 0.25) is 0 Å². The number of halogens is 5. The van der Waals surface area contributed by atoms with Gasteiger partial charge in [0.1, 0.15) is 11.6 Å². The molecule has 0 amide bonds. The van der Waals surface area contributed by atoms with Crippen LogP contribution < -0.4 is 0 Å². The summed E-state index contributed by atoms with van der Waals surface area (Å²) in [4.78, 5) is 18.6. The van der Waals surface area contributed by atoms with Gasteiger partial charge in [0.2, 0.25) is 11.6 Å². The highest BCUT2D eigenvalue weighted by Crippen LogP contribution is 2.51. The van der Waals surface area contributed by atoms with Gasteiger partial charge in [-0.15, -0.1) is 0 Å². The molecular formula is C18H18BrF4N2O7P. The molecule has 0 saturated carbocycles. The maximum absolute atomic E-state index is 13.7. The van der Waals surface area contributed by atoms with Crippen LogP contribution in [0.3, 0.4) is 0 Å². The van der Waals surface area contributed by atoms with Gasteiger partial charge in [-0.1, -0.05) is 15.9 Å². The van der Waals surface area contributed by atoms with Crippen LogP contribution in [-0.2, 0) is 25.1 Å². The van der Waals surface area contributed by atoms with E-state index in [2.05, 4.69) is 15.9 Å². The molecule has 0 bridgehead atoms. The van der Waals surface area contributed by atoms with Crippen LogP contribution in [-0.4, -0.2) is 23.1 Å².